The normalized spacial score (nSPS) is 19.0. The van der Waals surface area contributed by atoms with Crippen LogP contribution in [0.15, 0.2) is 65.2 Å². The molecule has 1 aliphatic heterocycles. The Morgan fingerprint density at radius 1 is 1.21 bits per heavy atom. The Morgan fingerprint density at radius 3 is 2.54 bits per heavy atom. The van der Waals surface area contributed by atoms with Crippen LogP contribution in [0.2, 0.25) is 0 Å². The van der Waals surface area contributed by atoms with Crippen LogP contribution in [0, 0.1) is 23.1 Å². The van der Waals surface area contributed by atoms with E-state index in [4.69, 9.17) is 4.74 Å². The highest BCUT2D eigenvalue weighted by molar-refractivity contribution is 8.02. The average Bonchev–Trinajstić information content (AvgIpc) is 2.72. The largest absolute Gasteiger partial charge is 0.468 e. The minimum Gasteiger partial charge on any atom is -0.468 e. The fourth-order valence-electron chi connectivity index (χ4n) is 3.11. The van der Waals surface area contributed by atoms with Gasteiger partial charge in [-0.05, 0) is 17.2 Å². The summed E-state index contributed by atoms with van der Waals surface area (Å²) in [6, 6.07) is 17.3. The van der Waals surface area contributed by atoms with Gasteiger partial charge >= 0.3 is 5.97 Å². The molecule has 2 aromatic rings. The quantitative estimate of drug-likeness (QED) is 0.618. The number of amides is 1. The van der Waals surface area contributed by atoms with E-state index in [1.165, 1.54) is 13.2 Å². The minimum atomic E-state index is -1.17. The summed E-state index contributed by atoms with van der Waals surface area (Å²) in [6.45, 7) is 0. The number of benzene rings is 2. The lowest BCUT2D eigenvalue weighted by molar-refractivity contribution is -0.150. The van der Waals surface area contributed by atoms with Crippen LogP contribution in [0.1, 0.15) is 17.0 Å². The van der Waals surface area contributed by atoms with Gasteiger partial charge in [0.2, 0.25) is 5.91 Å². The lowest BCUT2D eigenvalue weighted by atomic mass is 9.78. The van der Waals surface area contributed by atoms with Crippen molar-refractivity contribution in [1.29, 1.82) is 5.26 Å². The van der Waals surface area contributed by atoms with Crippen LogP contribution in [0.5, 0.6) is 0 Å². The van der Waals surface area contributed by atoms with Gasteiger partial charge in [0.25, 0.3) is 0 Å². The first-order chi connectivity index (χ1) is 13.6. The number of ether oxygens (including phenoxy) is 1. The third kappa shape index (κ3) is 3.92. The minimum absolute atomic E-state index is 0.234. The molecule has 2 atom stereocenters. The lowest BCUT2D eigenvalue weighted by Gasteiger charge is -2.31. The molecular weight excluding hydrogens is 379 g/mol. The van der Waals surface area contributed by atoms with Gasteiger partial charge in [-0.25, -0.2) is 4.39 Å². The molecule has 1 N–H and O–H groups in total. The molecule has 0 fully saturated rings. The second kappa shape index (κ2) is 8.72. The average molecular weight is 396 g/mol. The number of hydrogen-bond donors (Lipinski definition) is 1. The number of carbonyl (C=O) groups is 2. The molecule has 0 aromatic heterocycles. The van der Waals surface area contributed by atoms with E-state index in [2.05, 4.69) is 11.4 Å². The molecule has 2 aromatic carbocycles. The Morgan fingerprint density at radius 2 is 1.89 bits per heavy atom. The van der Waals surface area contributed by atoms with E-state index in [9.17, 15) is 19.2 Å². The molecule has 1 heterocycles. The van der Waals surface area contributed by atoms with E-state index in [1.807, 2.05) is 6.07 Å². The third-order valence-electron chi connectivity index (χ3n) is 4.47. The van der Waals surface area contributed by atoms with Gasteiger partial charge in [0.15, 0.2) is 0 Å². The first-order valence-corrected chi connectivity index (χ1v) is 9.49. The van der Waals surface area contributed by atoms with E-state index in [0.29, 0.717) is 16.2 Å². The first-order valence-electron chi connectivity index (χ1n) is 8.51. The number of nitriles is 1. The van der Waals surface area contributed by atoms with Crippen LogP contribution in [0.4, 0.5) is 4.39 Å². The maximum absolute atomic E-state index is 13.9. The number of hydrogen-bond acceptors (Lipinski definition) is 5. The summed E-state index contributed by atoms with van der Waals surface area (Å²) in [6.07, 6.45) is 0. The van der Waals surface area contributed by atoms with Crippen molar-refractivity contribution in [2.24, 2.45) is 5.92 Å². The fourth-order valence-corrected chi connectivity index (χ4v) is 4.14. The highest BCUT2D eigenvalue weighted by atomic mass is 32.2. The van der Waals surface area contributed by atoms with Crippen LogP contribution >= 0.6 is 11.8 Å². The van der Waals surface area contributed by atoms with E-state index in [0.717, 1.165) is 11.8 Å². The number of nitrogens with one attached hydrogen (secondary N) is 1. The van der Waals surface area contributed by atoms with Gasteiger partial charge in [-0.15, -0.1) is 11.8 Å². The smallest absolute Gasteiger partial charge is 0.319 e. The van der Waals surface area contributed by atoms with Crippen molar-refractivity contribution in [2.45, 2.75) is 11.7 Å². The van der Waals surface area contributed by atoms with Gasteiger partial charge < -0.3 is 10.1 Å². The molecule has 3 rings (SSSR count). The summed E-state index contributed by atoms with van der Waals surface area (Å²) in [5, 5.41) is 12.8. The Kier molecular flexibility index (Phi) is 6.12. The van der Waals surface area contributed by atoms with Crippen LogP contribution < -0.4 is 5.32 Å². The number of allylic oxidation sites excluding steroid dienone is 1. The Labute approximate surface area is 166 Å². The summed E-state index contributed by atoms with van der Waals surface area (Å²) in [5.41, 5.74) is 1.37. The Balaban J connectivity index is 2.01. The lowest BCUT2D eigenvalue weighted by Crippen LogP contribution is -2.44. The monoisotopic (exact) mass is 396 g/mol. The zero-order valence-corrected chi connectivity index (χ0v) is 15.8. The number of nitrogens with zero attached hydrogens (tertiary/aromatic N) is 1. The standard InChI is InChI=1S/C21H17FN2O3S/c1-27-21(26)18-17(13-7-3-2-4-8-13)15(11-23)20(24-19(18)25)28-12-14-9-5-6-10-16(14)22/h2-10,17-18H,12H2,1H3,(H,24,25)/t17-,18-/m0/s1. The molecule has 5 nitrogen and oxygen atoms in total. The number of methoxy groups -OCH3 is 1. The highest BCUT2D eigenvalue weighted by Crippen LogP contribution is 2.40. The van der Waals surface area contributed by atoms with E-state index >= 15 is 0 Å². The van der Waals surface area contributed by atoms with E-state index in [1.54, 1.807) is 42.5 Å². The first kappa shape index (κ1) is 19.6. The Bertz CT molecular complexity index is 969. The van der Waals surface area contributed by atoms with Crippen LogP contribution in [-0.2, 0) is 20.1 Å². The number of rotatable bonds is 5. The van der Waals surface area contributed by atoms with Crippen molar-refractivity contribution >= 4 is 23.6 Å². The van der Waals surface area contributed by atoms with E-state index < -0.39 is 23.7 Å². The van der Waals surface area contributed by atoms with Gasteiger partial charge in [-0.1, -0.05) is 48.5 Å². The summed E-state index contributed by atoms with van der Waals surface area (Å²) < 4.78 is 18.7. The molecule has 0 unspecified atom stereocenters. The summed E-state index contributed by atoms with van der Waals surface area (Å²) in [4.78, 5) is 25.0. The highest BCUT2D eigenvalue weighted by Gasteiger charge is 2.44. The van der Waals surface area contributed by atoms with Crippen molar-refractivity contribution in [2.75, 3.05) is 7.11 Å². The second-order valence-electron chi connectivity index (χ2n) is 6.11. The van der Waals surface area contributed by atoms with Crippen molar-refractivity contribution in [3.05, 3.63) is 82.1 Å². The van der Waals surface area contributed by atoms with Gasteiger partial charge in [-0.3, -0.25) is 9.59 Å². The van der Waals surface area contributed by atoms with E-state index in [-0.39, 0.29) is 17.1 Å². The molecule has 0 spiro atoms. The summed E-state index contributed by atoms with van der Waals surface area (Å²) in [5.74, 6) is -3.32. The maximum atomic E-state index is 13.9. The number of halogens is 1. The topological polar surface area (TPSA) is 79.2 Å². The Hall–Kier alpha value is -3.11. The van der Waals surface area contributed by atoms with Crippen LogP contribution in [-0.4, -0.2) is 19.0 Å². The zero-order valence-electron chi connectivity index (χ0n) is 15.0. The molecule has 1 amide bonds. The molecule has 28 heavy (non-hydrogen) atoms. The van der Waals surface area contributed by atoms with Gasteiger partial charge in [-0.2, -0.15) is 5.26 Å². The maximum Gasteiger partial charge on any atom is 0.319 e. The predicted molar refractivity (Wildman–Crippen MR) is 103 cm³/mol. The molecule has 0 bridgehead atoms. The van der Waals surface area contributed by atoms with Crippen molar-refractivity contribution in [3.8, 4) is 6.07 Å². The fraction of sp³-hybridized carbons (Fsp3) is 0.190. The van der Waals surface area contributed by atoms with Gasteiger partial charge in [0.05, 0.1) is 23.8 Å². The summed E-state index contributed by atoms with van der Waals surface area (Å²) in [7, 11) is 1.20. The molecule has 142 valence electrons. The molecule has 1 aliphatic rings. The molecule has 0 saturated carbocycles. The SMILES string of the molecule is COC(=O)[C@@H]1C(=O)NC(SCc2ccccc2F)=C(C#N)[C@@H]1c1ccccc1. The third-order valence-corrected chi connectivity index (χ3v) is 5.54. The van der Waals surface area contributed by atoms with Crippen LogP contribution in [0.25, 0.3) is 0 Å². The molecular formula is C21H17FN2O3S. The predicted octanol–water partition coefficient (Wildman–Crippen LogP) is 3.50. The summed E-state index contributed by atoms with van der Waals surface area (Å²) >= 11 is 1.15. The second-order valence-corrected chi connectivity index (χ2v) is 7.10. The molecule has 0 aliphatic carbocycles. The number of thioether (sulfide) groups is 1. The number of esters is 1. The van der Waals surface area contributed by atoms with Gasteiger partial charge in [0, 0.05) is 11.7 Å². The van der Waals surface area contributed by atoms with Crippen LogP contribution in [0.3, 0.4) is 0 Å². The van der Waals surface area contributed by atoms with Crippen molar-refractivity contribution in [3.63, 3.8) is 0 Å². The van der Waals surface area contributed by atoms with Crippen molar-refractivity contribution in [1.82, 2.24) is 5.32 Å². The number of carbonyl (C=O) groups excluding carboxylic acids is 2. The van der Waals surface area contributed by atoms with Gasteiger partial charge in [0.1, 0.15) is 11.7 Å². The molecule has 0 saturated heterocycles. The zero-order chi connectivity index (χ0) is 20.1. The molecule has 7 heteroatoms. The molecule has 0 radical (unpaired) electrons. The van der Waals surface area contributed by atoms with Crippen molar-refractivity contribution < 1.29 is 18.7 Å².